The summed E-state index contributed by atoms with van der Waals surface area (Å²) in [5, 5.41) is 0. The van der Waals surface area contributed by atoms with Gasteiger partial charge in [-0.3, -0.25) is 0 Å². The number of halogens is 1. The average Bonchev–Trinajstić information content (AvgIpc) is 2.46. The van der Waals surface area contributed by atoms with Crippen molar-refractivity contribution in [2.24, 2.45) is 5.73 Å². The normalized spacial score (nSPS) is 15.8. The lowest BCUT2D eigenvalue weighted by atomic mass is 9.87. The molecule has 0 radical (unpaired) electrons. The molecule has 1 aliphatic rings. The first kappa shape index (κ1) is 13.8. The summed E-state index contributed by atoms with van der Waals surface area (Å²) in [6.07, 6.45) is 5.06. The van der Waals surface area contributed by atoms with Gasteiger partial charge in [0.1, 0.15) is 0 Å². The van der Waals surface area contributed by atoms with Crippen molar-refractivity contribution in [1.29, 1.82) is 0 Å². The summed E-state index contributed by atoms with van der Waals surface area (Å²) in [7, 11) is 0. The van der Waals surface area contributed by atoms with E-state index < -0.39 is 0 Å². The van der Waals surface area contributed by atoms with Crippen LogP contribution < -0.4 is 5.73 Å². The van der Waals surface area contributed by atoms with Gasteiger partial charge in [0.05, 0.1) is 6.04 Å². The molecular weight excluding hydrogens is 310 g/mol. The zero-order chi connectivity index (χ0) is 14.1. The summed E-state index contributed by atoms with van der Waals surface area (Å²) in [6.45, 7) is 2.12. The van der Waals surface area contributed by atoms with Crippen molar-refractivity contribution in [2.45, 2.75) is 38.6 Å². The highest BCUT2D eigenvalue weighted by molar-refractivity contribution is 9.10. The molecule has 2 N–H and O–H groups in total. The van der Waals surface area contributed by atoms with Gasteiger partial charge in [-0.15, -0.1) is 0 Å². The minimum atomic E-state index is -0.0321. The summed E-state index contributed by atoms with van der Waals surface area (Å²) in [5.74, 6) is 0. The average molecular weight is 330 g/mol. The van der Waals surface area contributed by atoms with Gasteiger partial charge in [-0.1, -0.05) is 40.2 Å². The van der Waals surface area contributed by atoms with Crippen LogP contribution in [0.5, 0.6) is 0 Å². The molecule has 1 atom stereocenters. The maximum absolute atomic E-state index is 6.49. The number of nitrogens with two attached hydrogens (primary N) is 1. The van der Waals surface area contributed by atoms with Crippen LogP contribution in [0.25, 0.3) is 0 Å². The lowest BCUT2D eigenvalue weighted by Crippen LogP contribution is -2.14. The minimum Gasteiger partial charge on any atom is -0.320 e. The van der Waals surface area contributed by atoms with Crippen LogP contribution >= 0.6 is 15.9 Å². The molecule has 0 aromatic heterocycles. The summed E-state index contributed by atoms with van der Waals surface area (Å²) in [6, 6.07) is 13.1. The highest BCUT2D eigenvalue weighted by Crippen LogP contribution is 2.29. The number of aryl methyl sites for hydroxylation is 3. The lowest BCUT2D eigenvalue weighted by Gasteiger charge is -2.20. The Hall–Kier alpha value is -1.12. The maximum Gasteiger partial charge on any atom is 0.0554 e. The van der Waals surface area contributed by atoms with Crippen molar-refractivity contribution < 1.29 is 0 Å². The Balaban J connectivity index is 1.95. The number of rotatable bonds is 2. The van der Waals surface area contributed by atoms with Crippen LogP contribution in [0.3, 0.4) is 0 Å². The summed E-state index contributed by atoms with van der Waals surface area (Å²) >= 11 is 3.51. The number of benzene rings is 2. The molecule has 2 heteroatoms. The third-order valence-corrected chi connectivity index (χ3v) is 4.79. The fraction of sp³-hybridized carbons (Fsp3) is 0.333. The second-order valence-corrected chi connectivity index (χ2v) is 6.63. The predicted molar refractivity (Wildman–Crippen MR) is 88.0 cm³/mol. The largest absolute Gasteiger partial charge is 0.320 e. The molecule has 104 valence electrons. The second kappa shape index (κ2) is 5.71. The van der Waals surface area contributed by atoms with Gasteiger partial charge >= 0.3 is 0 Å². The standard InChI is InChI=1S/C18H20BrN/c1-12-10-16(19)8-9-17(12)18(20)15-7-6-13-4-2-3-5-14(13)11-15/h6-11,18H,2-5,20H2,1H3. The second-order valence-electron chi connectivity index (χ2n) is 5.71. The molecule has 0 bridgehead atoms. The molecule has 1 nitrogen and oxygen atoms in total. The number of hydrogen-bond acceptors (Lipinski definition) is 1. The van der Waals surface area contributed by atoms with Gasteiger partial charge in [0.15, 0.2) is 0 Å². The number of fused-ring (bicyclic) bond motifs is 1. The molecular formula is C18H20BrN. The van der Waals surface area contributed by atoms with Gasteiger partial charge < -0.3 is 5.73 Å². The highest BCUT2D eigenvalue weighted by atomic mass is 79.9. The van der Waals surface area contributed by atoms with Crippen LogP contribution in [0.4, 0.5) is 0 Å². The molecule has 2 aromatic carbocycles. The third-order valence-electron chi connectivity index (χ3n) is 4.30. The third kappa shape index (κ3) is 2.68. The van der Waals surface area contributed by atoms with Crippen molar-refractivity contribution >= 4 is 15.9 Å². The van der Waals surface area contributed by atoms with E-state index in [0.717, 1.165) is 4.47 Å². The van der Waals surface area contributed by atoms with E-state index in [4.69, 9.17) is 5.73 Å². The van der Waals surface area contributed by atoms with Crippen molar-refractivity contribution in [3.63, 3.8) is 0 Å². The Bertz CT molecular complexity index is 633. The van der Waals surface area contributed by atoms with Gasteiger partial charge in [0.2, 0.25) is 0 Å². The van der Waals surface area contributed by atoms with E-state index in [2.05, 4.69) is 59.3 Å². The minimum absolute atomic E-state index is 0.0321. The molecule has 0 saturated heterocycles. The van der Waals surface area contributed by atoms with Gasteiger partial charge in [-0.25, -0.2) is 0 Å². The maximum atomic E-state index is 6.49. The molecule has 0 aliphatic heterocycles. The van der Waals surface area contributed by atoms with Gasteiger partial charge in [0, 0.05) is 4.47 Å². The Morgan fingerprint density at radius 1 is 1.00 bits per heavy atom. The highest BCUT2D eigenvalue weighted by Gasteiger charge is 2.15. The van der Waals surface area contributed by atoms with Crippen molar-refractivity contribution in [2.75, 3.05) is 0 Å². The molecule has 0 amide bonds. The predicted octanol–water partition coefficient (Wildman–Crippen LogP) is 4.68. The van der Waals surface area contributed by atoms with E-state index in [-0.39, 0.29) is 6.04 Å². The SMILES string of the molecule is Cc1cc(Br)ccc1C(N)c1ccc2c(c1)CCCC2. The molecule has 1 aliphatic carbocycles. The first-order valence-corrected chi connectivity index (χ1v) is 8.08. The fourth-order valence-corrected chi connectivity index (χ4v) is 3.59. The number of hydrogen-bond donors (Lipinski definition) is 1. The van der Waals surface area contributed by atoms with Crippen LogP contribution in [0.1, 0.15) is 46.7 Å². The van der Waals surface area contributed by atoms with E-state index in [1.807, 2.05) is 0 Å². The quantitative estimate of drug-likeness (QED) is 0.850. The van der Waals surface area contributed by atoms with Gasteiger partial charge in [-0.2, -0.15) is 0 Å². The van der Waals surface area contributed by atoms with Crippen LogP contribution in [-0.4, -0.2) is 0 Å². The van der Waals surface area contributed by atoms with E-state index >= 15 is 0 Å². The van der Waals surface area contributed by atoms with Crippen LogP contribution in [-0.2, 0) is 12.8 Å². The van der Waals surface area contributed by atoms with E-state index in [0.29, 0.717) is 0 Å². The van der Waals surface area contributed by atoms with Crippen molar-refractivity contribution in [3.8, 4) is 0 Å². The van der Waals surface area contributed by atoms with Gasteiger partial charge in [0.25, 0.3) is 0 Å². The van der Waals surface area contributed by atoms with Crippen LogP contribution in [0, 0.1) is 6.92 Å². The molecule has 3 rings (SSSR count). The van der Waals surface area contributed by atoms with E-state index in [9.17, 15) is 0 Å². The summed E-state index contributed by atoms with van der Waals surface area (Å²) < 4.78 is 1.11. The fourth-order valence-electron chi connectivity index (χ4n) is 3.11. The molecule has 0 spiro atoms. The van der Waals surface area contributed by atoms with Crippen molar-refractivity contribution in [1.82, 2.24) is 0 Å². The lowest BCUT2D eigenvalue weighted by molar-refractivity contribution is 0.682. The topological polar surface area (TPSA) is 26.0 Å². The van der Waals surface area contributed by atoms with Crippen molar-refractivity contribution in [3.05, 3.63) is 68.7 Å². The molecule has 0 heterocycles. The smallest absolute Gasteiger partial charge is 0.0554 e. The van der Waals surface area contributed by atoms with Crippen LogP contribution in [0.15, 0.2) is 40.9 Å². The monoisotopic (exact) mass is 329 g/mol. The van der Waals surface area contributed by atoms with Gasteiger partial charge in [-0.05, 0) is 72.6 Å². The Morgan fingerprint density at radius 3 is 2.50 bits per heavy atom. The first-order valence-electron chi connectivity index (χ1n) is 7.28. The Morgan fingerprint density at radius 2 is 1.75 bits per heavy atom. The van der Waals surface area contributed by atoms with E-state index in [1.54, 1.807) is 0 Å². The molecule has 0 saturated carbocycles. The van der Waals surface area contributed by atoms with E-state index in [1.165, 1.54) is 53.5 Å². The first-order chi connectivity index (χ1) is 9.65. The summed E-state index contributed by atoms with van der Waals surface area (Å²) in [4.78, 5) is 0. The molecule has 1 unspecified atom stereocenters. The molecule has 0 fully saturated rings. The zero-order valence-electron chi connectivity index (χ0n) is 11.8. The molecule has 20 heavy (non-hydrogen) atoms. The molecule has 2 aromatic rings. The van der Waals surface area contributed by atoms with Crippen LogP contribution in [0.2, 0.25) is 0 Å². The Labute approximate surface area is 129 Å². The Kier molecular flexibility index (Phi) is 3.95. The zero-order valence-corrected chi connectivity index (χ0v) is 13.4. The summed E-state index contributed by atoms with van der Waals surface area (Å²) in [5.41, 5.74) is 13.2.